The molecule has 0 heterocycles. The van der Waals surface area contributed by atoms with Crippen LogP contribution < -0.4 is 11.2 Å². The Morgan fingerprint density at radius 3 is 2.89 bits per heavy atom. The fraction of sp³-hybridized carbons (Fsp3) is 0.750. The maximum absolute atomic E-state index is 11.3. The van der Waals surface area contributed by atoms with Gasteiger partial charge in [-0.2, -0.15) is 0 Å². The highest BCUT2D eigenvalue weighted by atomic mass is 18.2. The van der Waals surface area contributed by atoms with E-state index in [-0.39, 0.29) is 13.2 Å². The number of nitrogens with one attached hydrogen (secondary N) is 1. The topological polar surface area (TPSA) is 64.3 Å². The van der Waals surface area contributed by atoms with Gasteiger partial charge in [-0.25, -0.2) is 10.3 Å². The molecule has 0 aliphatic rings. The summed E-state index contributed by atoms with van der Waals surface area (Å²) in [5, 5.41) is 2.21. The van der Waals surface area contributed by atoms with Crippen molar-refractivity contribution in [3.63, 3.8) is 0 Å². The van der Waals surface area contributed by atoms with Gasteiger partial charge in [0.15, 0.2) is 0 Å². The van der Waals surface area contributed by atoms with Crippen LogP contribution in [-0.2, 0) is 9.63 Å². The molecule has 9 heavy (non-hydrogen) atoms. The van der Waals surface area contributed by atoms with E-state index in [0.717, 1.165) is 0 Å². The summed E-state index contributed by atoms with van der Waals surface area (Å²) in [6, 6.07) is 0. The quantitative estimate of drug-likeness (QED) is 0.484. The molecule has 0 rings (SSSR count). The molecule has 0 radical (unpaired) electrons. The Balaban J connectivity index is 3.06. The molecule has 1 amide bonds. The summed E-state index contributed by atoms with van der Waals surface area (Å²) < 4.78 is 11.3. The SMILES string of the molecule is NOCC(=O)NCC[18F]. The van der Waals surface area contributed by atoms with Gasteiger partial charge in [0.1, 0.15) is 13.3 Å². The van der Waals surface area contributed by atoms with Gasteiger partial charge >= 0.3 is 0 Å². The Hall–Kier alpha value is -0.680. The van der Waals surface area contributed by atoms with E-state index in [1.165, 1.54) is 0 Å². The number of halogens is 1. The smallest absolute Gasteiger partial charge is 0.248 e. The zero-order valence-electron chi connectivity index (χ0n) is 4.89. The summed E-state index contributed by atoms with van der Waals surface area (Å²) in [5.74, 6) is 4.14. The van der Waals surface area contributed by atoms with Gasteiger partial charge in [-0.3, -0.25) is 9.63 Å². The number of alkyl halides is 1. The van der Waals surface area contributed by atoms with Crippen LogP contribution in [0, 0.1) is 0 Å². The summed E-state index contributed by atoms with van der Waals surface area (Å²) in [6.45, 7) is -0.779. The van der Waals surface area contributed by atoms with Crippen molar-refractivity contribution in [3.05, 3.63) is 0 Å². The third kappa shape index (κ3) is 5.19. The first-order valence-corrected chi connectivity index (χ1v) is 2.45. The number of carbonyl (C=O) groups excluding carboxylic acids is 1. The van der Waals surface area contributed by atoms with Crippen LogP contribution in [0.25, 0.3) is 0 Å². The zero-order valence-corrected chi connectivity index (χ0v) is 4.89. The van der Waals surface area contributed by atoms with Gasteiger partial charge in [0.2, 0.25) is 5.91 Å². The van der Waals surface area contributed by atoms with Crippen LogP contribution in [-0.4, -0.2) is 25.7 Å². The highest BCUT2D eigenvalue weighted by Crippen LogP contribution is 1.67. The summed E-state index contributed by atoms with van der Waals surface area (Å²) in [6.07, 6.45) is 0. The van der Waals surface area contributed by atoms with Crippen molar-refractivity contribution < 1.29 is 14.0 Å². The Kier molecular flexibility index (Phi) is 5.04. The minimum absolute atomic E-state index is 0.0161. The van der Waals surface area contributed by atoms with Crippen LogP contribution in [0.15, 0.2) is 0 Å². The first-order chi connectivity index (χ1) is 4.31. The second-order valence-electron chi connectivity index (χ2n) is 1.35. The Bertz CT molecular complexity index is 88.6. The van der Waals surface area contributed by atoms with E-state index in [1.807, 2.05) is 0 Å². The van der Waals surface area contributed by atoms with Gasteiger partial charge in [0.25, 0.3) is 0 Å². The molecule has 0 aromatic carbocycles. The molecule has 3 N–H and O–H groups in total. The van der Waals surface area contributed by atoms with Crippen LogP contribution >= 0.6 is 0 Å². The largest absolute Gasteiger partial charge is 0.351 e. The fourth-order valence-electron chi connectivity index (χ4n) is 0.313. The standard InChI is InChI=1S/C4H9FN2O2/c5-1-2-7-4(8)3-9-6/h1-3,6H2,(H,7,8)/i5-1. The first-order valence-electron chi connectivity index (χ1n) is 2.45. The van der Waals surface area contributed by atoms with Crippen molar-refractivity contribution in [3.8, 4) is 0 Å². The van der Waals surface area contributed by atoms with Crippen molar-refractivity contribution in [2.24, 2.45) is 5.90 Å². The lowest BCUT2D eigenvalue weighted by molar-refractivity contribution is -0.125. The molecule has 0 aliphatic carbocycles. The molecule has 0 bridgehead atoms. The van der Waals surface area contributed by atoms with Gasteiger partial charge in [-0.1, -0.05) is 0 Å². The summed E-state index contributed by atoms with van der Waals surface area (Å²) in [4.78, 5) is 14.3. The van der Waals surface area contributed by atoms with E-state index in [0.29, 0.717) is 0 Å². The molecule has 0 aliphatic heterocycles. The van der Waals surface area contributed by atoms with Crippen LogP contribution in [0.4, 0.5) is 4.39 Å². The van der Waals surface area contributed by atoms with Gasteiger partial charge in [0.05, 0.1) is 0 Å². The molecule has 0 saturated carbocycles. The lowest BCUT2D eigenvalue weighted by Crippen LogP contribution is -2.30. The van der Waals surface area contributed by atoms with E-state index in [1.54, 1.807) is 0 Å². The summed E-state index contributed by atoms with van der Waals surface area (Å²) >= 11 is 0. The van der Waals surface area contributed by atoms with Crippen LogP contribution in [0.5, 0.6) is 0 Å². The summed E-state index contributed by atoms with van der Waals surface area (Å²) in [7, 11) is 0. The van der Waals surface area contributed by atoms with Crippen molar-refractivity contribution in [2.75, 3.05) is 19.8 Å². The minimum Gasteiger partial charge on any atom is -0.351 e. The van der Waals surface area contributed by atoms with E-state index < -0.39 is 12.6 Å². The number of carbonyl (C=O) groups is 1. The lowest BCUT2D eigenvalue weighted by atomic mass is 10.6. The van der Waals surface area contributed by atoms with Gasteiger partial charge < -0.3 is 5.32 Å². The van der Waals surface area contributed by atoms with E-state index in [9.17, 15) is 9.18 Å². The fourth-order valence-corrected chi connectivity index (χ4v) is 0.313. The lowest BCUT2D eigenvalue weighted by Gasteiger charge is -1.98. The van der Waals surface area contributed by atoms with Crippen molar-refractivity contribution in [1.82, 2.24) is 5.32 Å². The van der Waals surface area contributed by atoms with Crippen LogP contribution in [0.1, 0.15) is 0 Å². The number of hydrogen-bond donors (Lipinski definition) is 2. The molecule has 0 fully saturated rings. The number of amides is 1. The molecule has 0 spiro atoms. The second kappa shape index (κ2) is 5.46. The average Bonchev–Trinajstić information content (AvgIpc) is 1.85. The minimum atomic E-state index is -0.573. The molecule has 0 aromatic heterocycles. The summed E-state index contributed by atoms with van der Waals surface area (Å²) in [5.41, 5.74) is 0. The predicted molar refractivity (Wildman–Crippen MR) is 29.1 cm³/mol. The van der Waals surface area contributed by atoms with Crippen molar-refractivity contribution >= 4 is 5.91 Å². The third-order valence-electron chi connectivity index (χ3n) is 0.631. The average molecular weight is 135 g/mol. The molecule has 5 heteroatoms. The molecule has 0 aromatic rings. The number of nitrogens with two attached hydrogens (primary N) is 1. The first kappa shape index (κ1) is 8.32. The zero-order chi connectivity index (χ0) is 7.11. The van der Waals surface area contributed by atoms with Crippen molar-refractivity contribution in [2.45, 2.75) is 0 Å². The maximum atomic E-state index is 11.3. The van der Waals surface area contributed by atoms with Gasteiger partial charge in [0, 0.05) is 6.54 Å². The second-order valence-corrected chi connectivity index (χ2v) is 1.35. The molecule has 54 valence electrons. The highest BCUT2D eigenvalue weighted by Gasteiger charge is 1.96. The van der Waals surface area contributed by atoms with Crippen molar-refractivity contribution in [1.29, 1.82) is 0 Å². The van der Waals surface area contributed by atoms with Gasteiger partial charge in [-0.15, -0.1) is 0 Å². The van der Waals surface area contributed by atoms with Crippen LogP contribution in [0.2, 0.25) is 0 Å². The Labute approximate surface area is 52.1 Å². The third-order valence-corrected chi connectivity index (χ3v) is 0.631. The van der Waals surface area contributed by atoms with E-state index in [2.05, 4.69) is 16.1 Å². The molecular formula is C4H9FN2O2. The normalized spacial score (nSPS) is 9.11. The monoisotopic (exact) mass is 135 g/mol. The molecular weight excluding hydrogens is 126 g/mol. The number of rotatable bonds is 4. The molecule has 4 nitrogen and oxygen atoms in total. The predicted octanol–water partition coefficient (Wildman–Crippen LogP) is -1.04. The maximum Gasteiger partial charge on any atom is 0.248 e. The molecule has 0 unspecified atom stereocenters. The van der Waals surface area contributed by atoms with E-state index in [4.69, 9.17) is 0 Å². The molecule has 0 saturated heterocycles. The Morgan fingerprint density at radius 2 is 2.44 bits per heavy atom. The van der Waals surface area contributed by atoms with Gasteiger partial charge in [-0.05, 0) is 0 Å². The van der Waals surface area contributed by atoms with Crippen LogP contribution in [0.3, 0.4) is 0 Å². The Morgan fingerprint density at radius 1 is 1.78 bits per heavy atom. The molecule has 0 atom stereocenters. The number of hydrogen-bond acceptors (Lipinski definition) is 3. The highest BCUT2D eigenvalue weighted by molar-refractivity contribution is 5.77. The van der Waals surface area contributed by atoms with E-state index >= 15 is 0 Å².